The minimum atomic E-state index is 0.678. The molecule has 0 radical (unpaired) electrons. The van der Waals surface area contributed by atoms with Crippen LogP contribution in [0.15, 0.2) is 36.7 Å². The van der Waals surface area contributed by atoms with Gasteiger partial charge in [0.25, 0.3) is 0 Å². The molecule has 1 aliphatic rings. The molecule has 1 N–H and O–H groups in total. The second-order valence-electron chi connectivity index (χ2n) is 5.75. The first-order chi connectivity index (χ1) is 11.3. The Hall–Kier alpha value is -2.30. The standard InChI is InChI=1S/C18H24N4O/c1-2-23-16-9-7-15(8-10-16)21-17-13-18(20-14-19-17)22-11-5-3-4-6-12-22/h7-10,13-14H,2-6,11-12H2,1H3,(H,19,20,21). The van der Waals surface area contributed by atoms with Gasteiger partial charge in [-0.05, 0) is 44.0 Å². The van der Waals surface area contributed by atoms with E-state index in [9.17, 15) is 0 Å². The predicted molar refractivity (Wildman–Crippen MR) is 93.6 cm³/mol. The van der Waals surface area contributed by atoms with Crippen molar-refractivity contribution in [2.45, 2.75) is 32.6 Å². The van der Waals surface area contributed by atoms with Gasteiger partial charge >= 0.3 is 0 Å². The molecule has 1 saturated heterocycles. The number of anilines is 3. The van der Waals surface area contributed by atoms with Gasteiger partial charge in [0, 0.05) is 24.8 Å². The summed E-state index contributed by atoms with van der Waals surface area (Å²) in [5, 5.41) is 3.34. The molecule has 2 aromatic rings. The fourth-order valence-corrected chi connectivity index (χ4v) is 2.84. The van der Waals surface area contributed by atoms with Crippen molar-refractivity contribution >= 4 is 17.3 Å². The lowest BCUT2D eigenvalue weighted by Gasteiger charge is -2.21. The number of benzene rings is 1. The van der Waals surface area contributed by atoms with Crippen molar-refractivity contribution in [2.24, 2.45) is 0 Å². The van der Waals surface area contributed by atoms with Gasteiger partial charge in [0.15, 0.2) is 0 Å². The lowest BCUT2D eigenvalue weighted by molar-refractivity contribution is 0.340. The van der Waals surface area contributed by atoms with Crippen LogP contribution in [0.1, 0.15) is 32.6 Å². The molecule has 1 aromatic heterocycles. The number of hydrogen-bond acceptors (Lipinski definition) is 5. The van der Waals surface area contributed by atoms with E-state index in [1.807, 2.05) is 37.3 Å². The van der Waals surface area contributed by atoms with Crippen molar-refractivity contribution in [3.05, 3.63) is 36.7 Å². The molecule has 0 saturated carbocycles. The molecule has 1 aromatic carbocycles. The molecule has 0 aliphatic carbocycles. The van der Waals surface area contributed by atoms with Crippen LogP contribution >= 0.6 is 0 Å². The maximum absolute atomic E-state index is 5.46. The van der Waals surface area contributed by atoms with Crippen LogP contribution in [0, 0.1) is 0 Å². The van der Waals surface area contributed by atoms with Crippen LogP contribution < -0.4 is 15.0 Å². The summed E-state index contributed by atoms with van der Waals surface area (Å²) in [6.07, 6.45) is 6.76. The first-order valence-electron chi connectivity index (χ1n) is 8.42. The second-order valence-corrected chi connectivity index (χ2v) is 5.75. The van der Waals surface area contributed by atoms with Gasteiger partial charge in [-0.25, -0.2) is 9.97 Å². The molecular formula is C18H24N4O. The van der Waals surface area contributed by atoms with Gasteiger partial charge in [-0.2, -0.15) is 0 Å². The molecule has 0 bridgehead atoms. The Kier molecular flexibility index (Phi) is 5.29. The first kappa shape index (κ1) is 15.6. The average Bonchev–Trinajstić information content (AvgIpc) is 2.87. The summed E-state index contributed by atoms with van der Waals surface area (Å²) in [5.74, 6) is 2.71. The van der Waals surface area contributed by atoms with Crippen molar-refractivity contribution in [1.82, 2.24) is 9.97 Å². The van der Waals surface area contributed by atoms with Crippen LogP contribution in [-0.2, 0) is 0 Å². The Labute approximate surface area is 137 Å². The topological polar surface area (TPSA) is 50.3 Å². The van der Waals surface area contributed by atoms with E-state index in [0.29, 0.717) is 6.61 Å². The van der Waals surface area contributed by atoms with Crippen LogP contribution in [0.5, 0.6) is 5.75 Å². The van der Waals surface area contributed by atoms with Crippen LogP contribution in [0.3, 0.4) is 0 Å². The average molecular weight is 312 g/mol. The Balaban J connectivity index is 1.69. The summed E-state index contributed by atoms with van der Waals surface area (Å²) in [6.45, 7) is 4.83. The fraction of sp³-hybridized carbons (Fsp3) is 0.444. The van der Waals surface area contributed by atoms with Crippen molar-refractivity contribution in [3.8, 4) is 5.75 Å². The van der Waals surface area contributed by atoms with Crippen molar-refractivity contribution < 1.29 is 4.74 Å². The van der Waals surface area contributed by atoms with Crippen LogP contribution in [0.4, 0.5) is 17.3 Å². The molecule has 1 aliphatic heterocycles. The number of nitrogens with zero attached hydrogens (tertiary/aromatic N) is 3. The molecule has 3 rings (SSSR count). The molecule has 5 heteroatoms. The fourth-order valence-electron chi connectivity index (χ4n) is 2.84. The van der Waals surface area contributed by atoms with Crippen LogP contribution in [0.2, 0.25) is 0 Å². The number of aromatic nitrogens is 2. The summed E-state index contributed by atoms with van der Waals surface area (Å²) in [5.41, 5.74) is 0.994. The highest BCUT2D eigenvalue weighted by molar-refractivity contribution is 5.60. The molecule has 0 unspecified atom stereocenters. The van der Waals surface area contributed by atoms with Gasteiger partial charge in [-0.15, -0.1) is 0 Å². The molecule has 1 fully saturated rings. The highest BCUT2D eigenvalue weighted by atomic mass is 16.5. The number of nitrogens with one attached hydrogen (secondary N) is 1. The minimum absolute atomic E-state index is 0.678. The van der Waals surface area contributed by atoms with E-state index in [1.165, 1.54) is 25.7 Å². The Morgan fingerprint density at radius 1 is 1.04 bits per heavy atom. The van der Waals surface area contributed by atoms with Gasteiger partial charge in [0.05, 0.1) is 6.61 Å². The van der Waals surface area contributed by atoms with E-state index in [-0.39, 0.29) is 0 Å². The summed E-state index contributed by atoms with van der Waals surface area (Å²) in [7, 11) is 0. The molecule has 5 nitrogen and oxygen atoms in total. The van der Waals surface area contributed by atoms with Gasteiger partial charge < -0.3 is 15.0 Å². The molecular weight excluding hydrogens is 288 g/mol. The molecule has 122 valence electrons. The van der Waals surface area contributed by atoms with Crippen molar-refractivity contribution in [2.75, 3.05) is 29.9 Å². The summed E-state index contributed by atoms with van der Waals surface area (Å²) in [4.78, 5) is 11.1. The summed E-state index contributed by atoms with van der Waals surface area (Å²) in [6, 6.07) is 9.95. The third-order valence-electron chi connectivity index (χ3n) is 4.02. The monoisotopic (exact) mass is 312 g/mol. The van der Waals surface area contributed by atoms with Gasteiger partial charge in [0.1, 0.15) is 23.7 Å². The zero-order chi connectivity index (χ0) is 15.9. The largest absolute Gasteiger partial charge is 0.494 e. The quantitative estimate of drug-likeness (QED) is 0.904. The normalized spacial score (nSPS) is 15.1. The third-order valence-corrected chi connectivity index (χ3v) is 4.02. The van der Waals surface area contributed by atoms with E-state index in [2.05, 4.69) is 20.2 Å². The second kappa shape index (κ2) is 7.81. The maximum Gasteiger partial charge on any atom is 0.135 e. The van der Waals surface area contributed by atoms with E-state index in [0.717, 1.165) is 36.2 Å². The maximum atomic E-state index is 5.46. The van der Waals surface area contributed by atoms with E-state index < -0.39 is 0 Å². The minimum Gasteiger partial charge on any atom is -0.494 e. The summed E-state index contributed by atoms with van der Waals surface area (Å²) >= 11 is 0. The number of rotatable bonds is 5. The van der Waals surface area contributed by atoms with Crippen LogP contribution in [0.25, 0.3) is 0 Å². The lowest BCUT2D eigenvalue weighted by Crippen LogP contribution is -2.24. The highest BCUT2D eigenvalue weighted by Crippen LogP contribution is 2.22. The molecule has 0 atom stereocenters. The van der Waals surface area contributed by atoms with Gasteiger partial charge in [-0.1, -0.05) is 12.8 Å². The van der Waals surface area contributed by atoms with Crippen molar-refractivity contribution in [1.29, 1.82) is 0 Å². The smallest absolute Gasteiger partial charge is 0.135 e. The Morgan fingerprint density at radius 3 is 2.48 bits per heavy atom. The third kappa shape index (κ3) is 4.34. The van der Waals surface area contributed by atoms with Gasteiger partial charge in [-0.3, -0.25) is 0 Å². The zero-order valence-corrected chi connectivity index (χ0v) is 13.7. The molecule has 2 heterocycles. The Morgan fingerprint density at radius 2 is 1.78 bits per heavy atom. The van der Waals surface area contributed by atoms with E-state index in [4.69, 9.17) is 4.74 Å². The number of ether oxygens (including phenoxy) is 1. The highest BCUT2D eigenvalue weighted by Gasteiger charge is 2.11. The summed E-state index contributed by atoms with van der Waals surface area (Å²) < 4.78 is 5.46. The Bertz CT molecular complexity index is 607. The molecule has 0 amide bonds. The first-order valence-corrected chi connectivity index (χ1v) is 8.42. The molecule has 23 heavy (non-hydrogen) atoms. The van der Waals surface area contributed by atoms with Gasteiger partial charge in [0.2, 0.25) is 0 Å². The lowest BCUT2D eigenvalue weighted by atomic mass is 10.2. The van der Waals surface area contributed by atoms with E-state index >= 15 is 0 Å². The van der Waals surface area contributed by atoms with E-state index in [1.54, 1.807) is 6.33 Å². The zero-order valence-electron chi connectivity index (χ0n) is 13.7. The number of hydrogen-bond donors (Lipinski definition) is 1. The predicted octanol–water partition coefficient (Wildman–Crippen LogP) is 4.00. The SMILES string of the molecule is CCOc1ccc(Nc2cc(N3CCCCCC3)ncn2)cc1. The molecule has 0 spiro atoms. The van der Waals surface area contributed by atoms with Crippen molar-refractivity contribution in [3.63, 3.8) is 0 Å². The van der Waals surface area contributed by atoms with Crippen LogP contribution in [-0.4, -0.2) is 29.7 Å².